The first-order valence-corrected chi connectivity index (χ1v) is 7.12. The smallest absolute Gasteiger partial charge is 0.310 e. The molecule has 3 heterocycles. The number of hydrogen-bond acceptors (Lipinski definition) is 3. The molecule has 1 fully saturated rings. The first kappa shape index (κ1) is 12.6. The molecule has 0 unspecified atom stereocenters. The second-order valence-corrected chi connectivity index (χ2v) is 5.71. The first-order chi connectivity index (χ1) is 10.2. The van der Waals surface area contributed by atoms with Gasteiger partial charge in [0, 0.05) is 12.2 Å². The van der Waals surface area contributed by atoms with Gasteiger partial charge in [-0.3, -0.25) is 9.59 Å². The molecule has 5 heteroatoms. The van der Waals surface area contributed by atoms with Crippen LogP contribution in [-0.4, -0.2) is 35.7 Å². The van der Waals surface area contributed by atoms with Crippen molar-refractivity contribution in [1.82, 2.24) is 0 Å². The van der Waals surface area contributed by atoms with Gasteiger partial charge in [0.1, 0.15) is 5.92 Å². The molecule has 2 bridgehead atoms. The van der Waals surface area contributed by atoms with Crippen molar-refractivity contribution >= 4 is 17.6 Å². The zero-order chi connectivity index (χ0) is 14.6. The highest BCUT2D eigenvalue weighted by Crippen LogP contribution is 2.42. The molecule has 1 saturated heterocycles. The largest absolute Gasteiger partial charge is 0.481 e. The number of nitrogens with zero attached hydrogens (tertiary/aromatic N) is 1. The van der Waals surface area contributed by atoms with Crippen LogP contribution in [0.25, 0.3) is 0 Å². The van der Waals surface area contributed by atoms with Crippen LogP contribution in [0, 0.1) is 11.8 Å². The maximum Gasteiger partial charge on any atom is 0.310 e. The molecule has 21 heavy (non-hydrogen) atoms. The number of carboxylic acid groups (broad SMARTS) is 1. The number of rotatable bonds is 2. The Bertz CT molecular complexity index is 653. The lowest BCUT2D eigenvalue weighted by molar-refractivity contribution is -0.146. The van der Waals surface area contributed by atoms with E-state index < -0.39 is 30.0 Å². The van der Waals surface area contributed by atoms with Gasteiger partial charge in [0.15, 0.2) is 0 Å². The van der Waals surface area contributed by atoms with Crippen LogP contribution < -0.4 is 4.90 Å². The van der Waals surface area contributed by atoms with Crippen molar-refractivity contribution in [2.24, 2.45) is 11.8 Å². The summed E-state index contributed by atoms with van der Waals surface area (Å²) in [6.45, 7) is 0.613. The lowest BCUT2D eigenvalue weighted by atomic mass is 9.82. The Balaban J connectivity index is 1.67. The van der Waals surface area contributed by atoms with E-state index in [0.29, 0.717) is 6.54 Å². The van der Waals surface area contributed by atoms with Crippen molar-refractivity contribution in [1.29, 1.82) is 0 Å². The summed E-state index contributed by atoms with van der Waals surface area (Å²) in [7, 11) is 0. The van der Waals surface area contributed by atoms with Gasteiger partial charge < -0.3 is 14.7 Å². The number of para-hydroxylation sites is 1. The maximum atomic E-state index is 12.9. The summed E-state index contributed by atoms with van der Waals surface area (Å²) in [5, 5.41) is 9.41. The summed E-state index contributed by atoms with van der Waals surface area (Å²) in [4.78, 5) is 26.1. The molecule has 108 valence electrons. The van der Waals surface area contributed by atoms with Gasteiger partial charge in [-0.1, -0.05) is 30.4 Å². The van der Waals surface area contributed by atoms with E-state index in [1.807, 2.05) is 30.3 Å². The van der Waals surface area contributed by atoms with E-state index in [2.05, 4.69) is 0 Å². The van der Waals surface area contributed by atoms with Crippen LogP contribution in [0.3, 0.4) is 0 Å². The predicted molar refractivity (Wildman–Crippen MR) is 74.9 cm³/mol. The Morgan fingerprint density at radius 1 is 1.14 bits per heavy atom. The third kappa shape index (κ3) is 1.74. The highest BCUT2D eigenvalue weighted by Gasteiger charge is 2.54. The Hall–Kier alpha value is -2.14. The number of aliphatic carboxylic acids is 1. The van der Waals surface area contributed by atoms with Gasteiger partial charge in [-0.05, 0) is 18.1 Å². The molecule has 3 aliphatic rings. The summed E-state index contributed by atoms with van der Waals surface area (Å²) >= 11 is 0. The van der Waals surface area contributed by atoms with E-state index >= 15 is 0 Å². The highest BCUT2D eigenvalue weighted by atomic mass is 16.5. The fraction of sp³-hybridized carbons (Fsp3) is 0.375. The molecule has 0 aliphatic carbocycles. The van der Waals surface area contributed by atoms with E-state index in [1.165, 1.54) is 0 Å². The molecule has 1 aromatic rings. The number of carbonyl (C=O) groups excluding carboxylic acids is 1. The molecule has 1 amide bonds. The van der Waals surface area contributed by atoms with Gasteiger partial charge in [-0.25, -0.2) is 0 Å². The monoisotopic (exact) mass is 285 g/mol. The SMILES string of the molecule is O=C(O)[C@H]1[C@H](C(=O)N2CCc3ccccc32)[C@H]2C=C[C@H]1O2. The molecule has 3 aliphatic heterocycles. The lowest BCUT2D eigenvalue weighted by Crippen LogP contribution is -2.44. The predicted octanol–water partition coefficient (Wildman–Crippen LogP) is 1.23. The topological polar surface area (TPSA) is 66.8 Å². The molecule has 0 saturated carbocycles. The molecule has 1 N–H and O–H groups in total. The summed E-state index contributed by atoms with van der Waals surface area (Å²) in [6.07, 6.45) is 3.51. The minimum Gasteiger partial charge on any atom is -0.481 e. The van der Waals surface area contributed by atoms with Crippen molar-refractivity contribution in [3.05, 3.63) is 42.0 Å². The van der Waals surface area contributed by atoms with Crippen molar-refractivity contribution in [3.8, 4) is 0 Å². The number of fused-ring (bicyclic) bond motifs is 3. The quantitative estimate of drug-likeness (QED) is 0.830. The van der Waals surface area contributed by atoms with Crippen LogP contribution in [0.2, 0.25) is 0 Å². The summed E-state index contributed by atoms with van der Waals surface area (Å²) in [6, 6.07) is 7.78. The third-order valence-corrected chi connectivity index (χ3v) is 4.62. The Morgan fingerprint density at radius 3 is 2.62 bits per heavy atom. The molecule has 1 aromatic carbocycles. The second kappa shape index (κ2) is 4.43. The van der Waals surface area contributed by atoms with Crippen LogP contribution in [0.1, 0.15) is 5.56 Å². The second-order valence-electron chi connectivity index (χ2n) is 5.71. The average Bonchev–Trinajstić information content (AvgIpc) is 3.19. The fourth-order valence-corrected chi connectivity index (χ4v) is 3.64. The fourth-order valence-electron chi connectivity index (χ4n) is 3.64. The average molecular weight is 285 g/mol. The Morgan fingerprint density at radius 2 is 1.86 bits per heavy atom. The van der Waals surface area contributed by atoms with E-state index in [4.69, 9.17) is 4.74 Å². The number of benzene rings is 1. The molecule has 4 atom stereocenters. The van der Waals surface area contributed by atoms with Crippen LogP contribution in [0.4, 0.5) is 5.69 Å². The molecular formula is C16H15NO4. The summed E-state index contributed by atoms with van der Waals surface area (Å²) in [5.41, 5.74) is 2.04. The number of hydrogen-bond donors (Lipinski definition) is 1. The number of carbonyl (C=O) groups is 2. The van der Waals surface area contributed by atoms with Gasteiger partial charge in [-0.15, -0.1) is 0 Å². The van der Waals surface area contributed by atoms with E-state index in [1.54, 1.807) is 11.0 Å². The van der Waals surface area contributed by atoms with Gasteiger partial charge in [-0.2, -0.15) is 0 Å². The minimum atomic E-state index is -0.960. The van der Waals surface area contributed by atoms with Gasteiger partial charge in [0.2, 0.25) is 5.91 Å². The van der Waals surface area contributed by atoms with E-state index in [-0.39, 0.29) is 5.91 Å². The van der Waals surface area contributed by atoms with Crippen LogP contribution in [0.15, 0.2) is 36.4 Å². The van der Waals surface area contributed by atoms with E-state index in [0.717, 1.165) is 17.7 Å². The summed E-state index contributed by atoms with van der Waals surface area (Å²) < 4.78 is 5.59. The maximum absolute atomic E-state index is 12.9. The van der Waals surface area contributed by atoms with Crippen molar-refractivity contribution in [2.75, 3.05) is 11.4 Å². The highest BCUT2D eigenvalue weighted by molar-refractivity contribution is 6.00. The molecule has 0 aromatic heterocycles. The van der Waals surface area contributed by atoms with Crippen LogP contribution in [0.5, 0.6) is 0 Å². The number of ether oxygens (including phenoxy) is 1. The van der Waals surface area contributed by atoms with Crippen molar-refractivity contribution in [3.63, 3.8) is 0 Å². The zero-order valence-corrected chi connectivity index (χ0v) is 11.3. The molecule has 4 rings (SSSR count). The molecule has 0 spiro atoms. The first-order valence-electron chi connectivity index (χ1n) is 7.12. The Kier molecular flexibility index (Phi) is 2.65. The van der Waals surface area contributed by atoms with Gasteiger partial charge in [0.05, 0.1) is 18.1 Å². The Labute approximate surface area is 121 Å². The zero-order valence-electron chi connectivity index (χ0n) is 11.3. The van der Waals surface area contributed by atoms with Crippen LogP contribution in [-0.2, 0) is 20.7 Å². The molecular weight excluding hydrogens is 270 g/mol. The lowest BCUT2D eigenvalue weighted by Gasteiger charge is -2.26. The van der Waals surface area contributed by atoms with Gasteiger partial charge >= 0.3 is 5.97 Å². The standard InChI is InChI=1S/C16H15NO4/c18-15(17-8-7-9-3-1-2-4-10(9)17)13-11-5-6-12(21-11)14(13)16(19)20/h1-6,11-14H,7-8H2,(H,19,20)/t11-,12-,13-,14-/m1/s1. The van der Waals surface area contributed by atoms with Gasteiger partial charge in [0.25, 0.3) is 0 Å². The number of anilines is 1. The number of amides is 1. The normalized spacial score (nSPS) is 32.5. The van der Waals surface area contributed by atoms with Crippen LogP contribution >= 0.6 is 0 Å². The third-order valence-electron chi connectivity index (χ3n) is 4.62. The van der Waals surface area contributed by atoms with E-state index in [9.17, 15) is 14.7 Å². The minimum absolute atomic E-state index is 0.135. The molecule has 5 nitrogen and oxygen atoms in total. The van der Waals surface area contributed by atoms with Crippen molar-refractivity contribution in [2.45, 2.75) is 18.6 Å². The number of carboxylic acids is 1. The summed E-state index contributed by atoms with van der Waals surface area (Å²) in [5.74, 6) is -2.49. The molecule has 0 radical (unpaired) electrons. The van der Waals surface area contributed by atoms with Crippen molar-refractivity contribution < 1.29 is 19.4 Å².